The average molecular weight is 274 g/mol. The summed E-state index contributed by atoms with van der Waals surface area (Å²) in [4.78, 5) is 14.0. The molecule has 0 unspecified atom stereocenters. The highest BCUT2D eigenvalue weighted by atomic mass is 16.5. The molecule has 5 nitrogen and oxygen atoms in total. The van der Waals surface area contributed by atoms with Crippen molar-refractivity contribution in [1.82, 2.24) is 4.90 Å². The summed E-state index contributed by atoms with van der Waals surface area (Å²) in [7, 11) is 1.62. The van der Waals surface area contributed by atoms with Gasteiger partial charge in [0.05, 0.1) is 12.2 Å². The number of ether oxygens (including phenoxy) is 2. The van der Waals surface area contributed by atoms with Crippen molar-refractivity contribution in [3.8, 4) is 11.8 Å². The van der Waals surface area contributed by atoms with Crippen molar-refractivity contribution >= 4 is 5.91 Å². The molecule has 0 heterocycles. The Morgan fingerprint density at radius 2 is 2.20 bits per heavy atom. The van der Waals surface area contributed by atoms with Gasteiger partial charge in [-0.25, -0.2) is 0 Å². The smallest absolute Gasteiger partial charge is 0.260 e. The second kappa shape index (κ2) is 6.92. The summed E-state index contributed by atoms with van der Waals surface area (Å²) < 4.78 is 10.5. The maximum absolute atomic E-state index is 12.2. The fourth-order valence-corrected chi connectivity index (χ4v) is 1.99. The van der Waals surface area contributed by atoms with Crippen molar-refractivity contribution in [3.05, 3.63) is 29.8 Å². The van der Waals surface area contributed by atoms with Crippen molar-refractivity contribution in [2.24, 2.45) is 0 Å². The van der Waals surface area contributed by atoms with E-state index in [1.807, 2.05) is 6.07 Å². The molecule has 0 bridgehead atoms. The molecule has 5 heteroatoms. The second-order valence-electron chi connectivity index (χ2n) is 4.71. The number of hydrogen-bond acceptors (Lipinski definition) is 4. The van der Waals surface area contributed by atoms with Gasteiger partial charge in [0.1, 0.15) is 11.8 Å². The molecule has 1 saturated carbocycles. The van der Waals surface area contributed by atoms with Crippen molar-refractivity contribution in [1.29, 1.82) is 5.26 Å². The summed E-state index contributed by atoms with van der Waals surface area (Å²) in [5.41, 5.74) is 0.440. The summed E-state index contributed by atoms with van der Waals surface area (Å²) in [5, 5.41) is 8.97. The standard InChI is InChI=1S/C15H18N2O3/c1-19-9-8-17(13-6-7-13)15(18)11-20-14-5-3-2-4-12(14)10-16/h2-5,13H,6-9,11H2,1H3. The number of carbonyl (C=O) groups is 1. The Balaban J connectivity index is 1.91. The van der Waals surface area contributed by atoms with E-state index >= 15 is 0 Å². The predicted molar refractivity (Wildman–Crippen MR) is 73.3 cm³/mol. The lowest BCUT2D eigenvalue weighted by molar-refractivity contribution is -0.134. The zero-order valence-electron chi connectivity index (χ0n) is 11.5. The molecule has 0 spiro atoms. The number of rotatable bonds is 7. The number of hydrogen-bond donors (Lipinski definition) is 0. The third kappa shape index (κ3) is 3.72. The average Bonchev–Trinajstić information content (AvgIpc) is 3.30. The molecule has 1 aromatic rings. The van der Waals surface area contributed by atoms with E-state index in [0.717, 1.165) is 12.8 Å². The molecule has 0 N–H and O–H groups in total. The molecular formula is C15H18N2O3. The molecule has 0 aliphatic heterocycles. The van der Waals surface area contributed by atoms with Crippen LogP contribution in [0.2, 0.25) is 0 Å². The first-order valence-corrected chi connectivity index (χ1v) is 6.66. The van der Waals surface area contributed by atoms with Crippen LogP contribution in [0, 0.1) is 11.3 Å². The summed E-state index contributed by atoms with van der Waals surface area (Å²) in [5.74, 6) is 0.392. The second-order valence-corrected chi connectivity index (χ2v) is 4.71. The first kappa shape index (κ1) is 14.4. The van der Waals surface area contributed by atoms with E-state index in [1.165, 1.54) is 0 Å². The van der Waals surface area contributed by atoms with Crippen molar-refractivity contribution < 1.29 is 14.3 Å². The van der Waals surface area contributed by atoms with E-state index < -0.39 is 0 Å². The maximum atomic E-state index is 12.2. The number of benzene rings is 1. The van der Waals surface area contributed by atoms with Gasteiger partial charge in [0.25, 0.3) is 5.91 Å². The Morgan fingerprint density at radius 1 is 1.45 bits per heavy atom. The normalized spacial score (nSPS) is 13.6. The van der Waals surface area contributed by atoms with Gasteiger partial charge in [-0.3, -0.25) is 4.79 Å². The predicted octanol–water partition coefficient (Wildman–Crippen LogP) is 1.57. The first-order chi connectivity index (χ1) is 9.76. The van der Waals surface area contributed by atoms with E-state index in [4.69, 9.17) is 14.7 Å². The van der Waals surface area contributed by atoms with Crippen molar-refractivity contribution in [2.45, 2.75) is 18.9 Å². The lowest BCUT2D eigenvalue weighted by atomic mass is 10.2. The maximum Gasteiger partial charge on any atom is 0.260 e. The minimum atomic E-state index is -0.0581. The number of carbonyl (C=O) groups excluding carboxylic acids is 1. The van der Waals surface area contributed by atoms with Gasteiger partial charge in [0, 0.05) is 19.7 Å². The van der Waals surface area contributed by atoms with E-state index in [-0.39, 0.29) is 12.5 Å². The number of amides is 1. The number of nitrogens with zero attached hydrogens (tertiary/aromatic N) is 2. The highest BCUT2D eigenvalue weighted by Crippen LogP contribution is 2.27. The van der Waals surface area contributed by atoms with Gasteiger partial charge in [-0.1, -0.05) is 12.1 Å². The van der Waals surface area contributed by atoms with Crippen LogP contribution in [0.25, 0.3) is 0 Å². The first-order valence-electron chi connectivity index (χ1n) is 6.66. The van der Waals surface area contributed by atoms with Crippen LogP contribution < -0.4 is 4.74 Å². The van der Waals surface area contributed by atoms with Crippen LogP contribution in [0.5, 0.6) is 5.75 Å². The van der Waals surface area contributed by atoms with E-state index in [2.05, 4.69) is 0 Å². The Labute approximate surface area is 118 Å². The van der Waals surface area contributed by atoms with E-state index in [0.29, 0.717) is 30.5 Å². The van der Waals surface area contributed by atoms with Crippen LogP contribution in [0.4, 0.5) is 0 Å². The molecule has 1 aromatic carbocycles. The summed E-state index contributed by atoms with van der Waals surface area (Å²) in [6.45, 7) is 1.07. The number of para-hydroxylation sites is 1. The molecule has 1 amide bonds. The van der Waals surface area contributed by atoms with Gasteiger partial charge in [0.2, 0.25) is 0 Å². The van der Waals surface area contributed by atoms with Crippen LogP contribution in [-0.2, 0) is 9.53 Å². The van der Waals surface area contributed by atoms with Crippen LogP contribution in [0.1, 0.15) is 18.4 Å². The fraction of sp³-hybridized carbons (Fsp3) is 0.467. The van der Waals surface area contributed by atoms with Gasteiger partial charge >= 0.3 is 0 Å². The van der Waals surface area contributed by atoms with Crippen LogP contribution >= 0.6 is 0 Å². The number of nitriles is 1. The topological polar surface area (TPSA) is 62.6 Å². The van der Waals surface area contributed by atoms with Crippen LogP contribution in [0.3, 0.4) is 0 Å². The number of methoxy groups -OCH3 is 1. The van der Waals surface area contributed by atoms with E-state index in [1.54, 1.807) is 36.3 Å². The van der Waals surface area contributed by atoms with Gasteiger partial charge < -0.3 is 14.4 Å². The lowest BCUT2D eigenvalue weighted by Gasteiger charge is -2.22. The molecule has 1 aliphatic rings. The summed E-state index contributed by atoms with van der Waals surface area (Å²) >= 11 is 0. The minimum Gasteiger partial charge on any atom is -0.482 e. The van der Waals surface area contributed by atoms with E-state index in [9.17, 15) is 4.79 Å². The molecule has 1 fully saturated rings. The zero-order chi connectivity index (χ0) is 14.4. The van der Waals surface area contributed by atoms with Gasteiger partial charge in [-0.05, 0) is 25.0 Å². The SMILES string of the molecule is COCCN(C(=O)COc1ccccc1C#N)C1CC1. The van der Waals surface area contributed by atoms with Gasteiger partial charge in [-0.15, -0.1) is 0 Å². The molecular weight excluding hydrogens is 256 g/mol. The van der Waals surface area contributed by atoms with Gasteiger partial charge in [-0.2, -0.15) is 5.26 Å². The molecule has 106 valence electrons. The monoisotopic (exact) mass is 274 g/mol. The Morgan fingerprint density at radius 3 is 2.85 bits per heavy atom. The molecule has 2 rings (SSSR count). The highest BCUT2D eigenvalue weighted by molar-refractivity contribution is 5.78. The molecule has 1 aliphatic carbocycles. The Kier molecular flexibility index (Phi) is 4.97. The van der Waals surface area contributed by atoms with Crippen LogP contribution in [-0.4, -0.2) is 43.7 Å². The summed E-state index contributed by atoms with van der Waals surface area (Å²) in [6, 6.07) is 9.29. The molecule has 0 aromatic heterocycles. The van der Waals surface area contributed by atoms with Crippen molar-refractivity contribution in [3.63, 3.8) is 0 Å². The minimum absolute atomic E-state index is 0.0428. The molecule has 0 saturated heterocycles. The Bertz CT molecular complexity index is 506. The third-order valence-electron chi connectivity index (χ3n) is 3.20. The fourth-order valence-electron chi connectivity index (χ4n) is 1.99. The highest BCUT2D eigenvalue weighted by Gasteiger charge is 2.32. The van der Waals surface area contributed by atoms with Gasteiger partial charge in [0.15, 0.2) is 6.61 Å². The Hall–Kier alpha value is -2.06. The largest absolute Gasteiger partial charge is 0.482 e. The molecule has 0 atom stereocenters. The van der Waals surface area contributed by atoms with Crippen LogP contribution in [0.15, 0.2) is 24.3 Å². The zero-order valence-corrected chi connectivity index (χ0v) is 11.5. The molecule has 0 radical (unpaired) electrons. The quantitative estimate of drug-likeness (QED) is 0.757. The lowest BCUT2D eigenvalue weighted by Crippen LogP contribution is -2.39. The summed E-state index contributed by atoms with van der Waals surface area (Å²) in [6.07, 6.45) is 2.09. The third-order valence-corrected chi connectivity index (χ3v) is 3.20. The molecule has 20 heavy (non-hydrogen) atoms. The van der Waals surface area contributed by atoms with Crippen molar-refractivity contribution in [2.75, 3.05) is 26.9 Å².